The van der Waals surface area contributed by atoms with E-state index in [1.165, 1.54) is 44.2 Å². The average molecular weight is 661 g/mol. The number of hydrogen-bond donors (Lipinski definition) is 0. The topological polar surface area (TPSA) is 149 Å². The van der Waals surface area contributed by atoms with Gasteiger partial charge < -0.3 is 22.0 Å². The second-order valence-corrected chi connectivity index (χ2v) is 16.7. The summed E-state index contributed by atoms with van der Waals surface area (Å²) in [5, 5.41) is 0. The molecule has 0 atom stereocenters. The summed E-state index contributed by atoms with van der Waals surface area (Å²) in [6.07, 6.45) is 2.71. The first-order valence-electron chi connectivity index (χ1n) is 12.1. The zero-order valence-electron chi connectivity index (χ0n) is 24.2. The molecule has 230 valence electrons. The predicted octanol–water partition coefficient (Wildman–Crippen LogP) is 4.94. The van der Waals surface area contributed by atoms with Crippen molar-refractivity contribution in [2.45, 2.75) is 30.4 Å². The van der Waals surface area contributed by atoms with E-state index in [-0.39, 0.29) is 39.1 Å². The van der Waals surface area contributed by atoms with Crippen molar-refractivity contribution in [3.05, 3.63) is 48.5 Å². The van der Waals surface area contributed by atoms with Crippen molar-refractivity contribution in [3.8, 4) is 51.0 Å². The summed E-state index contributed by atoms with van der Waals surface area (Å²) in [6, 6.07) is 12.3. The summed E-state index contributed by atoms with van der Waals surface area (Å²) in [4.78, 5) is 0.543. The fourth-order valence-electron chi connectivity index (χ4n) is 3.87. The quantitative estimate of drug-likeness (QED) is 0.203. The first-order chi connectivity index (χ1) is 19.2. The molecule has 0 aliphatic rings. The van der Waals surface area contributed by atoms with Crippen molar-refractivity contribution in [3.63, 3.8) is 0 Å². The molecule has 0 amide bonds. The van der Waals surface area contributed by atoms with E-state index in [0.717, 1.165) is 18.8 Å². The normalized spacial score (nSPS) is 12.5. The fraction of sp³-hybridized carbons (Fsp3) is 0.333. The molecule has 0 spiro atoms. The van der Waals surface area contributed by atoms with Gasteiger partial charge in [0.2, 0.25) is 0 Å². The molecule has 0 saturated heterocycles. The summed E-state index contributed by atoms with van der Waals surface area (Å²) in [6.45, 7) is 5.88. The van der Waals surface area contributed by atoms with Gasteiger partial charge in [-0.05, 0) is 41.5 Å². The highest BCUT2D eigenvalue weighted by Crippen LogP contribution is 2.52. The molecule has 0 aromatic heterocycles. The SMILES string of the molecule is COc1cc(-c2ccc(OS(C)(=O)=O)cc2)c(OC)c(OS(C)(=O)=O)c1-c1ccc(SC(C)(C)C)c(OS(C)(=O)=O)c1. The Labute approximate surface area is 251 Å². The Hall–Kier alpha value is -3.14. The number of methoxy groups -OCH3 is 2. The van der Waals surface area contributed by atoms with Crippen LogP contribution in [0.2, 0.25) is 0 Å². The summed E-state index contributed by atoms with van der Waals surface area (Å²) in [7, 11) is -9.09. The third-order valence-electron chi connectivity index (χ3n) is 5.16. The molecule has 3 aromatic rings. The maximum atomic E-state index is 12.4. The van der Waals surface area contributed by atoms with E-state index >= 15 is 0 Å². The smallest absolute Gasteiger partial charge is 0.306 e. The minimum atomic E-state index is -4.12. The van der Waals surface area contributed by atoms with E-state index < -0.39 is 30.4 Å². The molecule has 0 bridgehead atoms. The highest BCUT2D eigenvalue weighted by molar-refractivity contribution is 8.00. The van der Waals surface area contributed by atoms with Crippen LogP contribution in [-0.2, 0) is 30.4 Å². The first-order valence-corrected chi connectivity index (χ1v) is 18.4. The molecular weight excluding hydrogens is 629 g/mol. The molecular formula is C27H32O11S4. The maximum Gasteiger partial charge on any atom is 0.306 e. The van der Waals surface area contributed by atoms with E-state index in [9.17, 15) is 25.3 Å². The zero-order valence-corrected chi connectivity index (χ0v) is 27.5. The van der Waals surface area contributed by atoms with E-state index in [1.807, 2.05) is 20.8 Å². The Bertz CT molecular complexity index is 1790. The lowest BCUT2D eigenvalue weighted by atomic mass is 9.96. The minimum absolute atomic E-state index is 0.0201. The lowest BCUT2D eigenvalue weighted by molar-refractivity contribution is 0.386. The van der Waals surface area contributed by atoms with Crippen LogP contribution in [-0.4, -0.2) is 63.0 Å². The van der Waals surface area contributed by atoms with Crippen LogP contribution in [0.15, 0.2) is 53.4 Å². The van der Waals surface area contributed by atoms with Crippen molar-refractivity contribution in [1.82, 2.24) is 0 Å². The van der Waals surface area contributed by atoms with Crippen LogP contribution in [0.1, 0.15) is 20.8 Å². The van der Waals surface area contributed by atoms with Crippen LogP contribution in [0.3, 0.4) is 0 Å². The summed E-state index contributed by atoms with van der Waals surface area (Å²) in [5.74, 6) is 0.0799. The molecule has 0 saturated carbocycles. The van der Waals surface area contributed by atoms with Crippen molar-refractivity contribution in [2.75, 3.05) is 33.0 Å². The zero-order chi connectivity index (χ0) is 31.7. The van der Waals surface area contributed by atoms with Crippen LogP contribution in [0.25, 0.3) is 22.3 Å². The number of benzene rings is 3. The van der Waals surface area contributed by atoms with Gasteiger partial charge in [-0.3, -0.25) is 0 Å². The lowest BCUT2D eigenvalue weighted by Gasteiger charge is -2.22. The largest absolute Gasteiger partial charge is 0.496 e. The van der Waals surface area contributed by atoms with E-state index in [4.69, 9.17) is 22.0 Å². The number of ether oxygens (including phenoxy) is 2. The number of rotatable bonds is 11. The van der Waals surface area contributed by atoms with Gasteiger partial charge in [-0.1, -0.05) is 39.0 Å². The monoisotopic (exact) mass is 660 g/mol. The van der Waals surface area contributed by atoms with E-state index in [1.54, 1.807) is 30.3 Å². The second kappa shape index (κ2) is 12.2. The molecule has 42 heavy (non-hydrogen) atoms. The lowest BCUT2D eigenvalue weighted by Crippen LogP contribution is -2.11. The first kappa shape index (κ1) is 33.4. The average Bonchev–Trinajstić information content (AvgIpc) is 2.81. The predicted molar refractivity (Wildman–Crippen MR) is 162 cm³/mol. The van der Waals surface area contributed by atoms with Crippen molar-refractivity contribution in [1.29, 1.82) is 0 Å². The van der Waals surface area contributed by atoms with Crippen LogP contribution in [0.4, 0.5) is 0 Å². The molecule has 0 heterocycles. The van der Waals surface area contributed by atoms with Gasteiger partial charge in [-0.2, -0.15) is 25.3 Å². The van der Waals surface area contributed by atoms with Crippen LogP contribution in [0.5, 0.6) is 28.7 Å². The Kier molecular flexibility index (Phi) is 9.71. The third kappa shape index (κ3) is 9.18. The molecule has 0 fully saturated rings. The molecule has 3 rings (SSSR count). The minimum Gasteiger partial charge on any atom is -0.496 e. The van der Waals surface area contributed by atoms with Gasteiger partial charge in [-0.15, -0.1) is 11.8 Å². The molecule has 0 aliphatic carbocycles. The fourth-order valence-corrected chi connectivity index (χ4v) is 6.31. The van der Waals surface area contributed by atoms with Gasteiger partial charge in [0.25, 0.3) is 0 Å². The van der Waals surface area contributed by atoms with Gasteiger partial charge in [0, 0.05) is 10.3 Å². The molecule has 11 nitrogen and oxygen atoms in total. The second-order valence-electron chi connectivity index (χ2n) is 10.1. The molecule has 0 unspecified atom stereocenters. The molecule has 0 radical (unpaired) electrons. The van der Waals surface area contributed by atoms with E-state index in [0.29, 0.717) is 21.6 Å². The molecule has 0 aliphatic heterocycles. The van der Waals surface area contributed by atoms with Crippen molar-refractivity contribution < 1.29 is 47.3 Å². The Morgan fingerprint density at radius 3 is 1.64 bits per heavy atom. The standard InChI is InChI=1S/C27H32O11S4/c1-27(2,3)39-23-14-11-18(15-21(23)37-41(7,30)31)24-22(34-4)16-20(25(35-5)26(24)38-42(8,32)33)17-9-12-19(13-10-17)36-40(6,28)29/h9-16H,1-8H3. The van der Waals surface area contributed by atoms with E-state index in [2.05, 4.69) is 0 Å². The van der Waals surface area contributed by atoms with Crippen molar-refractivity contribution in [2.24, 2.45) is 0 Å². The van der Waals surface area contributed by atoms with Crippen LogP contribution >= 0.6 is 11.8 Å². The third-order valence-corrected chi connectivity index (χ3v) is 7.78. The molecule has 0 N–H and O–H groups in total. The van der Waals surface area contributed by atoms with Crippen LogP contribution in [0, 0.1) is 0 Å². The van der Waals surface area contributed by atoms with Gasteiger partial charge in [0.1, 0.15) is 11.5 Å². The Morgan fingerprint density at radius 2 is 1.17 bits per heavy atom. The Balaban J connectivity index is 2.34. The van der Waals surface area contributed by atoms with Gasteiger partial charge >= 0.3 is 30.4 Å². The highest BCUT2D eigenvalue weighted by atomic mass is 32.2. The van der Waals surface area contributed by atoms with Crippen LogP contribution < -0.4 is 22.0 Å². The van der Waals surface area contributed by atoms with Gasteiger partial charge in [0.05, 0.1) is 43.4 Å². The van der Waals surface area contributed by atoms with Gasteiger partial charge in [-0.25, -0.2) is 0 Å². The summed E-state index contributed by atoms with van der Waals surface area (Å²) in [5.41, 5.74) is 1.33. The van der Waals surface area contributed by atoms with Crippen molar-refractivity contribution >= 4 is 42.1 Å². The highest BCUT2D eigenvalue weighted by Gasteiger charge is 2.28. The molecule has 3 aromatic carbocycles. The Morgan fingerprint density at radius 1 is 0.619 bits per heavy atom. The molecule has 15 heteroatoms. The summed E-state index contributed by atoms with van der Waals surface area (Å²) < 4.78 is 98.8. The van der Waals surface area contributed by atoms with Gasteiger partial charge in [0.15, 0.2) is 17.2 Å². The number of thioether (sulfide) groups is 1. The summed E-state index contributed by atoms with van der Waals surface area (Å²) >= 11 is 1.39. The number of hydrogen-bond acceptors (Lipinski definition) is 12. The maximum absolute atomic E-state index is 12.4.